The van der Waals surface area contributed by atoms with Gasteiger partial charge in [0.25, 0.3) is 0 Å². The molecule has 2 fully saturated rings. The normalized spacial score (nSPS) is 29.3. The summed E-state index contributed by atoms with van der Waals surface area (Å²) in [5.41, 5.74) is 5.99. The van der Waals surface area contributed by atoms with Crippen LogP contribution >= 0.6 is 0 Å². The largest absolute Gasteiger partial charge is 0.381 e. The van der Waals surface area contributed by atoms with Crippen LogP contribution in [0.3, 0.4) is 0 Å². The summed E-state index contributed by atoms with van der Waals surface area (Å²) in [5.74, 6) is 0.748. The van der Waals surface area contributed by atoms with Gasteiger partial charge in [0, 0.05) is 19.7 Å². The number of hydrogen-bond acceptors (Lipinski definition) is 3. The van der Waals surface area contributed by atoms with Crippen molar-refractivity contribution in [3.63, 3.8) is 0 Å². The number of ether oxygens (including phenoxy) is 1. The molecule has 86 valence electrons. The predicted molar refractivity (Wildman–Crippen MR) is 57.3 cm³/mol. The molecule has 1 unspecified atom stereocenters. The maximum absolute atomic E-state index is 11.9. The average molecular weight is 212 g/mol. The van der Waals surface area contributed by atoms with Crippen molar-refractivity contribution in [2.24, 2.45) is 17.6 Å². The Hall–Kier alpha value is -0.610. The molecule has 4 nitrogen and oxygen atoms in total. The second-order valence-electron chi connectivity index (χ2n) is 5.14. The summed E-state index contributed by atoms with van der Waals surface area (Å²) >= 11 is 0. The van der Waals surface area contributed by atoms with Crippen molar-refractivity contribution in [2.75, 3.05) is 26.3 Å². The Morgan fingerprint density at radius 2 is 2.20 bits per heavy atom. The van der Waals surface area contributed by atoms with Crippen molar-refractivity contribution >= 4 is 5.91 Å². The lowest BCUT2D eigenvalue weighted by Gasteiger charge is -2.51. The first kappa shape index (κ1) is 10.9. The van der Waals surface area contributed by atoms with Crippen molar-refractivity contribution in [3.8, 4) is 0 Å². The van der Waals surface area contributed by atoms with E-state index in [9.17, 15) is 4.79 Å². The number of rotatable bonds is 2. The SMILES string of the molecule is CC(C)C1(N)CN(C(=O)C2CCOC2)C1. The second kappa shape index (κ2) is 3.76. The van der Waals surface area contributed by atoms with E-state index >= 15 is 0 Å². The summed E-state index contributed by atoms with van der Waals surface area (Å²) < 4.78 is 5.22. The molecule has 0 bridgehead atoms. The first-order chi connectivity index (χ1) is 7.03. The Bertz CT molecular complexity index is 253. The molecule has 2 N–H and O–H groups in total. The summed E-state index contributed by atoms with van der Waals surface area (Å²) in [5, 5.41) is 0. The van der Waals surface area contributed by atoms with E-state index in [1.165, 1.54) is 0 Å². The Morgan fingerprint density at radius 3 is 2.67 bits per heavy atom. The van der Waals surface area contributed by atoms with Crippen LogP contribution in [0.2, 0.25) is 0 Å². The lowest BCUT2D eigenvalue weighted by atomic mass is 9.79. The van der Waals surface area contributed by atoms with Crippen LogP contribution in [0.1, 0.15) is 20.3 Å². The van der Waals surface area contributed by atoms with Gasteiger partial charge in [0.05, 0.1) is 18.1 Å². The molecular formula is C11H20N2O2. The molecule has 2 aliphatic rings. The van der Waals surface area contributed by atoms with Crippen LogP contribution in [0, 0.1) is 11.8 Å². The number of carbonyl (C=O) groups excluding carboxylic acids is 1. The minimum Gasteiger partial charge on any atom is -0.381 e. The first-order valence-corrected chi connectivity index (χ1v) is 5.68. The molecule has 2 rings (SSSR count). The highest BCUT2D eigenvalue weighted by molar-refractivity contribution is 5.80. The molecule has 0 saturated carbocycles. The van der Waals surface area contributed by atoms with Gasteiger partial charge in [-0.15, -0.1) is 0 Å². The molecule has 2 saturated heterocycles. The fraction of sp³-hybridized carbons (Fsp3) is 0.909. The van der Waals surface area contributed by atoms with Crippen LogP contribution in [-0.4, -0.2) is 42.6 Å². The van der Waals surface area contributed by atoms with Crippen LogP contribution in [0.5, 0.6) is 0 Å². The highest BCUT2D eigenvalue weighted by Crippen LogP contribution is 2.28. The third kappa shape index (κ3) is 1.88. The monoisotopic (exact) mass is 212 g/mol. The molecule has 1 amide bonds. The van der Waals surface area contributed by atoms with Gasteiger partial charge in [-0.05, 0) is 12.3 Å². The van der Waals surface area contributed by atoms with E-state index in [1.54, 1.807) is 0 Å². The molecule has 0 spiro atoms. The van der Waals surface area contributed by atoms with Gasteiger partial charge in [-0.3, -0.25) is 4.79 Å². The predicted octanol–water partition coefficient (Wildman–Crippen LogP) is 0.219. The van der Waals surface area contributed by atoms with E-state index in [2.05, 4.69) is 13.8 Å². The number of carbonyl (C=O) groups is 1. The van der Waals surface area contributed by atoms with Crippen LogP contribution in [0.25, 0.3) is 0 Å². The molecule has 2 aliphatic heterocycles. The number of hydrogen-bond donors (Lipinski definition) is 1. The maximum Gasteiger partial charge on any atom is 0.228 e. The van der Waals surface area contributed by atoms with Gasteiger partial charge in [0.2, 0.25) is 5.91 Å². The molecular weight excluding hydrogens is 192 g/mol. The number of nitrogens with zero attached hydrogens (tertiary/aromatic N) is 1. The average Bonchev–Trinajstić information content (AvgIpc) is 2.64. The fourth-order valence-electron chi connectivity index (χ4n) is 2.17. The highest BCUT2D eigenvalue weighted by atomic mass is 16.5. The zero-order valence-corrected chi connectivity index (χ0v) is 9.53. The fourth-order valence-corrected chi connectivity index (χ4v) is 2.17. The Kier molecular flexibility index (Phi) is 2.73. The Morgan fingerprint density at radius 1 is 1.53 bits per heavy atom. The highest BCUT2D eigenvalue weighted by Gasteiger charge is 2.45. The molecule has 0 aromatic rings. The molecule has 15 heavy (non-hydrogen) atoms. The van der Waals surface area contributed by atoms with Gasteiger partial charge >= 0.3 is 0 Å². The minimum absolute atomic E-state index is 0.0849. The molecule has 1 atom stereocenters. The number of likely N-dealkylation sites (tertiary alicyclic amines) is 1. The standard InChI is InChI=1S/C11H20N2O2/c1-8(2)11(12)6-13(7-11)10(14)9-3-4-15-5-9/h8-9H,3-7,12H2,1-2H3. The van der Waals surface area contributed by atoms with E-state index in [-0.39, 0.29) is 17.4 Å². The van der Waals surface area contributed by atoms with Gasteiger partial charge in [0.15, 0.2) is 0 Å². The Labute approximate surface area is 90.8 Å². The van der Waals surface area contributed by atoms with Crippen LogP contribution < -0.4 is 5.73 Å². The zero-order chi connectivity index (χ0) is 11.1. The summed E-state index contributed by atoms with van der Waals surface area (Å²) in [6, 6.07) is 0. The third-order valence-electron chi connectivity index (χ3n) is 3.71. The van der Waals surface area contributed by atoms with Gasteiger partial charge < -0.3 is 15.4 Å². The van der Waals surface area contributed by atoms with E-state index in [1.807, 2.05) is 4.90 Å². The number of amides is 1. The molecule has 0 aliphatic carbocycles. The lowest BCUT2D eigenvalue weighted by molar-refractivity contribution is -0.144. The number of nitrogens with two attached hydrogens (primary N) is 1. The summed E-state index contributed by atoms with van der Waals surface area (Å²) in [6.45, 7) is 6.96. The quantitative estimate of drug-likeness (QED) is 0.712. The lowest BCUT2D eigenvalue weighted by Crippen LogP contribution is -2.71. The minimum atomic E-state index is -0.158. The summed E-state index contributed by atoms with van der Waals surface area (Å²) in [7, 11) is 0. The molecule has 0 radical (unpaired) electrons. The molecule has 2 heterocycles. The smallest absolute Gasteiger partial charge is 0.228 e. The zero-order valence-electron chi connectivity index (χ0n) is 9.53. The van der Waals surface area contributed by atoms with Crippen molar-refractivity contribution in [1.82, 2.24) is 4.90 Å². The van der Waals surface area contributed by atoms with Gasteiger partial charge in [-0.1, -0.05) is 13.8 Å². The van der Waals surface area contributed by atoms with Crippen LogP contribution in [0.15, 0.2) is 0 Å². The van der Waals surface area contributed by atoms with Crippen molar-refractivity contribution in [1.29, 1.82) is 0 Å². The molecule has 4 heteroatoms. The summed E-state index contributed by atoms with van der Waals surface area (Å²) in [4.78, 5) is 13.8. The van der Waals surface area contributed by atoms with E-state index in [0.29, 0.717) is 25.6 Å². The summed E-state index contributed by atoms with van der Waals surface area (Å²) in [6.07, 6.45) is 0.870. The Balaban J connectivity index is 1.86. The molecule has 0 aromatic carbocycles. The topological polar surface area (TPSA) is 55.6 Å². The van der Waals surface area contributed by atoms with Crippen molar-refractivity contribution in [2.45, 2.75) is 25.8 Å². The molecule has 0 aromatic heterocycles. The van der Waals surface area contributed by atoms with E-state index in [0.717, 1.165) is 13.0 Å². The van der Waals surface area contributed by atoms with Crippen molar-refractivity contribution < 1.29 is 9.53 Å². The van der Waals surface area contributed by atoms with Gasteiger partial charge in [0.1, 0.15) is 0 Å². The van der Waals surface area contributed by atoms with E-state index < -0.39 is 0 Å². The maximum atomic E-state index is 11.9. The second-order valence-corrected chi connectivity index (χ2v) is 5.14. The van der Waals surface area contributed by atoms with E-state index in [4.69, 9.17) is 10.5 Å². The van der Waals surface area contributed by atoms with Crippen LogP contribution in [0.4, 0.5) is 0 Å². The van der Waals surface area contributed by atoms with Crippen molar-refractivity contribution in [3.05, 3.63) is 0 Å². The first-order valence-electron chi connectivity index (χ1n) is 5.68. The van der Waals surface area contributed by atoms with Gasteiger partial charge in [-0.2, -0.15) is 0 Å². The third-order valence-corrected chi connectivity index (χ3v) is 3.71. The van der Waals surface area contributed by atoms with Gasteiger partial charge in [-0.25, -0.2) is 0 Å². The van der Waals surface area contributed by atoms with Crippen LogP contribution in [-0.2, 0) is 9.53 Å².